The molecule has 6 heteroatoms. The van der Waals surface area contributed by atoms with E-state index in [1.165, 1.54) is 5.56 Å². The zero-order valence-corrected chi connectivity index (χ0v) is 16.0. The highest BCUT2D eigenvalue weighted by molar-refractivity contribution is 6.30. The summed E-state index contributed by atoms with van der Waals surface area (Å²) in [4.78, 5) is 23.3. The first-order valence-corrected chi connectivity index (χ1v) is 9.10. The monoisotopic (exact) mass is 380 g/mol. The molecule has 1 heterocycles. The fourth-order valence-electron chi connectivity index (χ4n) is 2.62. The summed E-state index contributed by atoms with van der Waals surface area (Å²) in [6.07, 6.45) is 3.09. The maximum atomic E-state index is 12.4. The maximum Gasteiger partial charge on any atom is 0.258 e. The lowest BCUT2D eigenvalue weighted by atomic mass is 10.2. The fraction of sp³-hybridized carbons (Fsp3) is 0.190. The zero-order valence-electron chi connectivity index (χ0n) is 15.3. The molecule has 0 spiro atoms. The topological polar surface area (TPSA) is 58.1 Å². The van der Waals surface area contributed by atoms with E-state index in [2.05, 4.69) is 46.2 Å². The van der Waals surface area contributed by atoms with Gasteiger partial charge in [-0.25, -0.2) is 9.97 Å². The fourth-order valence-corrected chi connectivity index (χ4v) is 2.81. The molecule has 0 fully saturated rings. The van der Waals surface area contributed by atoms with Crippen molar-refractivity contribution in [3.8, 4) is 0 Å². The van der Waals surface area contributed by atoms with Crippen LogP contribution in [0.5, 0.6) is 0 Å². The van der Waals surface area contributed by atoms with Gasteiger partial charge in [-0.05, 0) is 37.6 Å². The molecular formula is C21H21ClN4O. The molecule has 1 amide bonds. The molecule has 1 N–H and O–H groups in total. The van der Waals surface area contributed by atoms with E-state index in [1.807, 2.05) is 18.2 Å². The van der Waals surface area contributed by atoms with Crippen LogP contribution in [0.2, 0.25) is 5.02 Å². The van der Waals surface area contributed by atoms with E-state index in [4.69, 9.17) is 11.6 Å². The van der Waals surface area contributed by atoms with Crippen molar-refractivity contribution in [2.75, 3.05) is 10.2 Å². The van der Waals surface area contributed by atoms with E-state index in [9.17, 15) is 4.79 Å². The first-order valence-electron chi connectivity index (χ1n) is 8.72. The quantitative estimate of drug-likeness (QED) is 0.667. The molecule has 0 aliphatic rings. The Morgan fingerprint density at radius 2 is 1.78 bits per heavy atom. The Balaban J connectivity index is 1.73. The summed E-state index contributed by atoms with van der Waals surface area (Å²) in [6, 6.07) is 17.4. The van der Waals surface area contributed by atoms with Crippen molar-refractivity contribution in [2.45, 2.75) is 26.4 Å². The van der Waals surface area contributed by atoms with Crippen molar-refractivity contribution in [2.24, 2.45) is 0 Å². The first-order chi connectivity index (χ1) is 13.0. The van der Waals surface area contributed by atoms with Gasteiger partial charge in [0.15, 0.2) is 0 Å². The zero-order chi connectivity index (χ0) is 19.2. The van der Waals surface area contributed by atoms with E-state index in [0.717, 1.165) is 0 Å². The minimum absolute atomic E-state index is 0.219. The van der Waals surface area contributed by atoms with E-state index in [0.29, 0.717) is 28.8 Å². The highest BCUT2D eigenvalue weighted by Gasteiger charge is 2.15. The molecule has 0 atom stereocenters. The predicted molar refractivity (Wildman–Crippen MR) is 109 cm³/mol. The first kappa shape index (κ1) is 18.9. The van der Waals surface area contributed by atoms with Gasteiger partial charge < -0.3 is 10.2 Å². The van der Waals surface area contributed by atoms with Gasteiger partial charge in [-0.2, -0.15) is 0 Å². The van der Waals surface area contributed by atoms with Crippen LogP contribution in [0.4, 0.5) is 11.6 Å². The Kier molecular flexibility index (Phi) is 6.04. The van der Waals surface area contributed by atoms with Crippen LogP contribution in [0, 0.1) is 0 Å². The third kappa shape index (κ3) is 5.05. The van der Waals surface area contributed by atoms with Crippen LogP contribution in [0.1, 0.15) is 29.8 Å². The third-order valence-electron chi connectivity index (χ3n) is 4.06. The van der Waals surface area contributed by atoms with Gasteiger partial charge in [-0.15, -0.1) is 0 Å². The lowest BCUT2D eigenvalue weighted by Gasteiger charge is -2.26. The molecule has 0 bridgehead atoms. The van der Waals surface area contributed by atoms with Gasteiger partial charge in [0, 0.05) is 35.7 Å². The summed E-state index contributed by atoms with van der Waals surface area (Å²) in [5.74, 6) is 0.316. The maximum absolute atomic E-state index is 12.4. The average molecular weight is 381 g/mol. The molecule has 0 unspecified atom stereocenters. The standard InChI is InChI=1S/C21H21ClN4O/c1-15(2)26(14-16-7-4-3-5-8-16)21-23-12-17(13-24-21)20(27)25-19-10-6-9-18(22)11-19/h3-13,15H,14H2,1-2H3,(H,25,27). The van der Waals surface area contributed by atoms with E-state index < -0.39 is 0 Å². The molecule has 0 aliphatic heterocycles. The molecule has 3 rings (SSSR count). The van der Waals surface area contributed by atoms with E-state index in [1.54, 1.807) is 36.7 Å². The van der Waals surface area contributed by atoms with Crippen molar-refractivity contribution < 1.29 is 4.79 Å². The van der Waals surface area contributed by atoms with Crippen LogP contribution in [0.25, 0.3) is 0 Å². The summed E-state index contributed by atoms with van der Waals surface area (Å²) in [7, 11) is 0. The summed E-state index contributed by atoms with van der Waals surface area (Å²) < 4.78 is 0. The molecule has 2 aromatic carbocycles. The normalized spacial score (nSPS) is 10.7. The van der Waals surface area contributed by atoms with Crippen LogP contribution >= 0.6 is 11.6 Å². The Labute approximate surface area is 164 Å². The van der Waals surface area contributed by atoms with Crippen LogP contribution in [-0.4, -0.2) is 21.9 Å². The predicted octanol–water partition coefficient (Wildman–Crippen LogP) is 4.80. The number of benzene rings is 2. The molecule has 5 nitrogen and oxygen atoms in total. The number of carbonyl (C=O) groups excluding carboxylic acids is 1. The molecule has 3 aromatic rings. The van der Waals surface area contributed by atoms with Crippen LogP contribution in [-0.2, 0) is 6.54 Å². The highest BCUT2D eigenvalue weighted by Crippen LogP contribution is 2.18. The summed E-state index contributed by atoms with van der Waals surface area (Å²) in [6.45, 7) is 4.88. The van der Waals surface area contributed by atoms with E-state index in [-0.39, 0.29) is 11.9 Å². The van der Waals surface area contributed by atoms with Crippen LogP contribution < -0.4 is 10.2 Å². The lowest BCUT2D eigenvalue weighted by molar-refractivity contribution is 0.102. The SMILES string of the molecule is CC(C)N(Cc1ccccc1)c1ncc(C(=O)Nc2cccc(Cl)c2)cn1. The van der Waals surface area contributed by atoms with Gasteiger partial charge in [0.2, 0.25) is 5.95 Å². The molecule has 27 heavy (non-hydrogen) atoms. The molecule has 0 radical (unpaired) electrons. The van der Waals surface area contributed by atoms with Gasteiger partial charge in [-0.1, -0.05) is 48.0 Å². The van der Waals surface area contributed by atoms with Gasteiger partial charge in [0.1, 0.15) is 0 Å². The van der Waals surface area contributed by atoms with Crippen LogP contribution in [0.15, 0.2) is 67.0 Å². The average Bonchev–Trinajstić information content (AvgIpc) is 2.67. The number of nitrogens with one attached hydrogen (secondary N) is 1. The molecule has 138 valence electrons. The molecule has 1 aromatic heterocycles. The Morgan fingerprint density at radius 3 is 2.41 bits per heavy atom. The largest absolute Gasteiger partial charge is 0.334 e. The summed E-state index contributed by atoms with van der Waals surface area (Å²) in [5, 5.41) is 3.36. The lowest BCUT2D eigenvalue weighted by Crippen LogP contribution is -2.31. The number of nitrogens with zero attached hydrogens (tertiary/aromatic N) is 3. The second kappa shape index (κ2) is 8.64. The molecule has 0 aliphatic carbocycles. The summed E-state index contributed by atoms with van der Waals surface area (Å²) in [5.41, 5.74) is 2.20. The summed E-state index contributed by atoms with van der Waals surface area (Å²) >= 11 is 5.94. The Hall–Kier alpha value is -2.92. The van der Waals surface area contributed by atoms with Crippen LogP contribution in [0.3, 0.4) is 0 Å². The second-order valence-electron chi connectivity index (χ2n) is 6.44. The molecule has 0 saturated heterocycles. The number of hydrogen-bond acceptors (Lipinski definition) is 4. The number of rotatable bonds is 6. The van der Waals surface area contributed by atoms with Crippen molar-refractivity contribution in [1.82, 2.24) is 9.97 Å². The minimum Gasteiger partial charge on any atom is -0.334 e. The van der Waals surface area contributed by atoms with Gasteiger partial charge in [-0.3, -0.25) is 4.79 Å². The number of halogens is 1. The van der Waals surface area contributed by atoms with Crippen molar-refractivity contribution in [1.29, 1.82) is 0 Å². The minimum atomic E-state index is -0.275. The molecule has 0 saturated carbocycles. The number of anilines is 2. The van der Waals surface area contributed by atoms with Gasteiger partial charge >= 0.3 is 0 Å². The number of amides is 1. The van der Waals surface area contributed by atoms with E-state index >= 15 is 0 Å². The smallest absolute Gasteiger partial charge is 0.258 e. The van der Waals surface area contributed by atoms with Gasteiger partial charge in [0.25, 0.3) is 5.91 Å². The van der Waals surface area contributed by atoms with Crippen molar-refractivity contribution in [3.05, 3.63) is 83.1 Å². The number of aromatic nitrogens is 2. The van der Waals surface area contributed by atoms with Crippen molar-refractivity contribution in [3.63, 3.8) is 0 Å². The molecular weight excluding hydrogens is 360 g/mol. The second-order valence-corrected chi connectivity index (χ2v) is 6.88. The Morgan fingerprint density at radius 1 is 1.07 bits per heavy atom. The number of carbonyl (C=O) groups is 1. The Bertz CT molecular complexity index is 898. The third-order valence-corrected chi connectivity index (χ3v) is 4.29. The highest BCUT2D eigenvalue weighted by atomic mass is 35.5. The number of hydrogen-bond donors (Lipinski definition) is 1. The van der Waals surface area contributed by atoms with Crippen molar-refractivity contribution >= 4 is 29.1 Å². The van der Waals surface area contributed by atoms with Gasteiger partial charge in [0.05, 0.1) is 5.56 Å².